The van der Waals surface area contributed by atoms with E-state index in [1.807, 2.05) is 39.8 Å². The lowest BCUT2D eigenvalue weighted by Gasteiger charge is -2.36. The van der Waals surface area contributed by atoms with Crippen LogP contribution >= 0.6 is 0 Å². The molecule has 1 fully saturated rings. The number of hydrogen-bond acceptors (Lipinski definition) is 7. The second kappa shape index (κ2) is 17.6. The van der Waals surface area contributed by atoms with Gasteiger partial charge in [0.05, 0.1) is 24.2 Å². The van der Waals surface area contributed by atoms with Gasteiger partial charge in [-0.05, 0) is 38.0 Å². The van der Waals surface area contributed by atoms with Gasteiger partial charge < -0.3 is 30.5 Å². The highest BCUT2D eigenvalue weighted by molar-refractivity contribution is 5.73. The predicted molar refractivity (Wildman–Crippen MR) is 167 cm³/mol. The molecule has 1 heterocycles. The summed E-state index contributed by atoms with van der Waals surface area (Å²) in [7, 11) is 0. The standard InChI is InChI=1S/C34H57NO7/c1-11-12-13-21(4)32(42-34(35)40)25(8)24(7)22(5)16-19(2)17-23(6)30(37)20(3)14-15-28(36)18-29-26(9)31(38)27(10)33(39)41-29/h11-15,17,20-32,36-38H,1,16,18H2,2-10H3,(H2,35,40)/b13-12-,15-14+,19-17-/t20-,21-,22-,23-,24-,25-,26-,27+,28-,29?,30-,31-,32-/m0/s1. The van der Waals surface area contributed by atoms with Crippen LogP contribution in [0.15, 0.2) is 48.6 Å². The van der Waals surface area contributed by atoms with Crippen molar-refractivity contribution >= 4 is 12.1 Å². The summed E-state index contributed by atoms with van der Waals surface area (Å²) in [4.78, 5) is 23.6. The highest BCUT2D eigenvalue weighted by Crippen LogP contribution is 2.33. The number of amides is 1. The first-order chi connectivity index (χ1) is 19.5. The Morgan fingerprint density at radius 3 is 2.21 bits per heavy atom. The molecule has 8 heteroatoms. The molecule has 0 aromatic heterocycles. The predicted octanol–water partition coefficient (Wildman–Crippen LogP) is 5.57. The maximum atomic E-state index is 12.0. The molecular formula is C34H57NO7. The molecule has 0 aromatic rings. The van der Waals surface area contributed by atoms with Crippen molar-refractivity contribution in [2.45, 2.75) is 106 Å². The SMILES string of the molecule is C=C/C=C\[C@H](C)[C@H](OC(N)=O)[C@@H](C)[C@@H](C)[C@@H](C)C/C(C)=C\[C@H](C)[C@@H](O)[C@@H](C)/C=C/[C@H](O)CC1OC(=O)[C@H](C)[C@@H](O)[C@H]1C. The molecule has 13 atom stereocenters. The molecule has 42 heavy (non-hydrogen) atoms. The van der Waals surface area contributed by atoms with Gasteiger partial charge in [-0.1, -0.05) is 97.1 Å². The molecular weight excluding hydrogens is 534 g/mol. The van der Waals surface area contributed by atoms with Gasteiger partial charge in [-0.15, -0.1) is 0 Å². The van der Waals surface area contributed by atoms with E-state index < -0.39 is 42.4 Å². The Bertz CT molecular complexity index is 960. The van der Waals surface area contributed by atoms with E-state index in [1.165, 1.54) is 0 Å². The summed E-state index contributed by atoms with van der Waals surface area (Å²) in [5, 5.41) is 31.8. The fourth-order valence-corrected chi connectivity index (χ4v) is 5.97. The summed E-state index contributed by atoms with van der Waals surface area (Å²) >= 11 is 0. The molecule has 0 spiro atoms. The smallest absolute Gasteiger partial charge is 0.404 e. The lowest BCUT2D eigenvalue weighted by molar-refractivity contribution is -0.179. The fourth-order valence-electron chi connectivity index (χ4n) is 5.97. The van der Waals surface area contributed by atoms with E-state index in [2.05, 4.69) is 40.3 Å². The topological polar surface area (TPSA) is 139 Å². The van der Waals surface area contributed by atoms with Crippen molar-refractivity contribution in [2.24, 2.45) is 53.1 Å². The monoisotopic (exact) mass is 591 g/mol. The number of cyclic esters (lactones) is 1. The van der Waals surface area contributed by atoms with Gasteiger partial charge in [0.15, 0.2) is 0 Å². The summed E-state index contributed by atoms with van der Waals surface area (Å²) in [6.07, 6.45) is 8.01. The molecule has 0 saturated carbocycles. The first-order valence-corrected chi connectivity index (χ1v) is 15.4. The Balaban J connectivity index is 2.76. The van der Waals surface area contributed by atoms with Crippen LogP contribution in [-0.4, -0.2) is 57.9 Å². The van der Waals surface area contributed by atoms with E-state index in [0.717, 1.165) is 12.0 Å². The van der Waals surface area contributed by atoms with Gasteiger partial charge in [0.25, 0.3) is 0 Å². The molecule has 8 nitrogen and oxygen atoms in total. The quantitative estimate of drug-likeness (QED) is 0.104. The van der Waals surface area contributed by atoms with Crippen LogP contribution < -0.4 is 5.73 Å². The zero-order valence-corrected chi connectivity index (χ0v) is 27.1. The zero-order chi connectivity index (χ0) is 32.3. The Labute approximate surface area is 253 Å². The molecule has 0 aliphatic carbocycles. The van der Waals surface area contributed by atoms with Gasteiger partial charge in [-0.2, -0.15) is 0 Å². The van der Waals surface area contributed by atoms with Crippen molar-refractivity contribution in [1.29, 1.82) is 0 Å². The molecule has 5 N–H and O–H groups in total. The molecule has 240 valence electrons. The van der Waals surface area contributed by atoms with E-state index in [-0.39, 0.29) is 48.0 Å². The Morgan fingerprint density at radius 2 is 1.64 bits per heavy atom. The van der Waals surface area contributed by atoms with Gasteiger partial charge in [0.1, 0.15) is 12.2 Å². The fraction of sp³-hybridized carbons (Fsp3) is 0.706. The average Bonchev–Trinajstić information content (AvgIpc) is 2.93. The summed E-state index contributed by atoms with van der Waals surface area (Å²) in [5.41, 5.74) is 6.54. The minimum atomic E-state index is -0.866. The van der Waals surface area contributed by atoms with Crippen LogP contribution in [-0.2, 0) is 14.3 Å². The van der Waals surface area contributed by atoms with Crippen molar-refractivity contribution in [3.63, 3.8) is 0 Å². The van der Waals surface area contributed by atoms with Gasteiger partial charge >= 0.3 is 12.1 Å². The number of esters is 1. The van der Waals surface area contributed by atoms with E-state index >= 15 is 0 Å². The van der Waals surface area contributed by atoms with Crippen LogP contribution in [0.25, 0.3) is 0 Å². The molecule has 0 radical (unpaired) electrons. The number of aliphatic hydroxyl groups is 3. The number of hydrogen-bond donors (Lipinski definition) is 4. The minimum absolute atomic E-state index is 0.0172. The van der Waals surface area contributed by atoms with Gasteiger partial charge in [0.2, 0.25) is 0 Å². The molecule has 1 amide bonds. The number of primary amides is 1. The van der Waals surface area contributed by atoms with Crippen LogP contribution in [0.4, 0.5) is 4.79 Å². The highest BCUT2D eigenvalue weighted by Gasteiger charge is 2.40. The van der Waals surface area contributed by atoms with Crippen LogP contribution in [0.3, 0.4) is 0 Å². The number of allylic oxidation sites excluding steroid dienone is 3. The molecule has 0 bridgehead atoms. The average molecular weight is 592 g/mol. The summed E-state index contributed by atoms with van der Waals surface area (Å²) in [6.45, 7) is 21.5. The molecule has 0 aromatic carbocycles. The summed E-state index contributed by atoms with van der Waals surface area (Å²) < 4.78 is 10.9. The third-order valence-electron chi connectivity index (χ3n) is 9.22. The van der Waals surface area contributed by atoms with E-state index in [4.69, 9.17) is 15.2 Å². The minimum Gasteiger partial charge on any atom is -0.462 e. The van der Waals surface area contributed by atoms with Crippen LogP contribution in [0, 0.1) is 47.3 Å². The first kappa shape index (κ1) is 37.6. The van der Waals surface area contributed by atoms with Crippen LogP contribution in [0.5, 0.6) is 0 Å². The Hall–Kier alpha value is -2.42. The van der Waals surface area contributed by atoms with Crippen LogP contribution in [0.1, 0.15) is 75.2 Å². The largest absolute Gasteiger partial charge is 0.462 e. The molecule has 1 unspecified atom stereocenters. The molecule has 1 aliphatic heterocycles. The number of carbonyl (C=O) groups excluding carboxylic acids is 2. The number of rotatable bonds is 16. The van der Waals surface area contributed by atoms with Gasteiger partial charge in [-0.3, -0.25) is 4.79 Å². The second-order valence-electron chi connectivity index (χ2n) is 12.8. The molecule has 1 rings (SSSR count). The number of aliphatic hydroxyl groups excluding tert-OH is 3. The van der Waals surface area contributed by atoms with Crippen molar-refractivity contribution < 1.29 is 34.4 Å². The summed E-state index contributed by atoms with van der Waals surface area (Å²) in [5.74, 6) is -1.06. The van der Waals surface area contributed by atoms with E-state index in [9.17, 15) is 24.9 Å². The van der Waals surface area contributed by atoms with Crippen LogP contribution in [0.2, 0.25) is 0 Å². The third kappa shape index (κ3) is 11.3. The number of carbonyl (C=O) groups is 2. The van der Waals surface area contributed by atoms with Gasteiger partial charge in [-0.25, -0.2) is 4.79 Å². The van der Waals surface area contributed by atoms with Gasteiger partial charge in [0, 0.05) is 30.1 Å². The third-order valence-corrected chi connectivity index (χ3v) is 9.22. The Morgan fingerprint density at radius 1 is 1.02 bits per heavy atom. The van der Waals surface area contributed by atoms with Crippen molar-refractivity contribution in [3.8, 4) is 0 Å². The van der Waals surface area contributed by atoms with E-state index in [0.29, 0.717) is 5.92 Å². The zero-order valence-electron chi connectivity index (χ0n) is 27.1. The summed E-state index contributed by atoms with van der Waals surface area (Å²) in [6, 6.07) is 0. The maximum Gasteiger partial charge on any atom is 0.404 e. The molecule has 1 aliphatic rings. The Kier molecular flexibility index (Phi) is 15.8. The van der Waals surface area contributed by atoms with Crippen molar-refractivity contribution in [2.75, 3.05) is 0 Å². The van der Waals surface area contributed by atoms with Crippen molar-refractivity contribution in [3.05, 3.63) is 48.6 Å². The second-order valence-corrected chi connectivity index (χ2v) is 12.8. The van der Waals surface area contributed by atoms with Crippen molar-refractivity contribution in [1.82, 2.24) is 0 Å². The number of nitrogens with two attached hydrogens (primary N) is 1. The lowest BCUT2D eigenvalue weighted by atomic mass is 9.76. The van der Waals surface area contributed by atoms with E-state index in [1.54, 1.807) is 25.2 Å². The molecule has 1 saturated heterocycles. The lowest BCUT2D eigenvalue weighted by Crippen LogP contribution is -2.47. The normalized spacial score (nSPS) is 28.3. The first-order valence-electron chi connectivity index (χ1n) is 15.4. The number of ether oxygens (including phenoxy) is 2. The highest BCUT2D eigenvalue weighted by atomic mass is 16.6. The maximum absolute atomic E-state index is 12.0.